The van der Waals surface area contributed by atoms with Gasteiger partial charge in [0, 0.05) is 19.1 Å². The van der Waals surface area contributed by atoms with E-state index in [4.69, 9.17) is 15.3 Å². The lowest BCUT2D eigenvalue weighted by Gasteiger charge is -1.96. The Morgan fingerprint density at radius 3 is 2.27 bits per heavy atom. The largest absolute Gasteiger partial charge is 0.479 e. The molecule has 0 amide bonds. The van der Waals surface area contributed by atoms with Crippen LogP contribution in [0, 0.1) is 0 Å². The van der Waals surface area contributed by atoms with Crippen molar-refractivity contribution in [3.05, 3.63) is 12.7 Å². The standard InChI is InChI=1S/C6H10O3.C3H6O3/c1-2-6(8)9-5-3-4-7;1-2(4)3(5)6/h2,7H,1,3-5H2;2,4H,1H3,(H,5,6)/t;2-/m.0/s1. The van der Waals surface area contributed by atoms with Gasteiger partial charge >= 0.3 is 11.9 Å². The van der Waals surface area contributed by atoms with Crippen LogP contribution in [0.4, 0.5) is 0 Å². The Morgan fingerprint density at radius 2 is 2.00 bits per heavy atom. The lowest BCUT2D eigenvalue weighted by Crippen LogP contribution is -2.13. The molecule has 0 saturated heterocycles. The number of rotatable bonds is 5. The molecule has 0 aliphatic heterocycles. The summed E-state index contributed by atoms with van der Waals surface area (Å²) in [6.45, 7) is 4.71. The molecular weight excluding hydrogens is 204 g/mol. The summed E-state index contributed by atoms with van der Waals surface area (Å²) in [5.41, 5.74) is 0. The molecule has 6 heteroatoms. The van der Waals surface area contributed by atoms with E-state index in [2.05, 4.69) is 11.3 Å². The van der Waals surface area contributed by atoms with Gasteiger partial charge in [0.1, 0.15) is 6.10 Å². The number of ether oxygens (including phenoxy) is 1. The zero-order valence-corrected chi connectivity index (χ0v) is 8.55. The van der Waals surface area contributed by atoms with Gasteiger partial charge in [-0.25, -0.2) is 9.59 Å². The number of carboxylic acids is 1. The molecule has 0 fully saturated rings. The van der Waals surface area contributed by atoms with E-state index in [9.17, 15) is 9.59 Å². The van der Waals surface area contributed by atoms with Crippen molar-refractivity contribution < 1.29 is 29.6 Å². The number of hydrogen-bond donors (Lipinski definition) is 3. The fraction of sp³-hybridized carbons (Fsp3) is 0.556. The third-order valence-corrected chi connectivity index (χ3v) is 1.07. The second-order valence-electron chi connectivity index (χ2n) is 2.46. The minimum atomic E-state index is -1.23. The van der Waals surface area contributed by atoms with E-state index in [0.29, 0.717) is 6.42 Å². The van der Waals surface area contributed by atoms with Gasteiger partial charge in [0.25, 0.3) is 0 Å². The van der Waals surface area contributed by atoms with Gasteiger partial charge in [-0.3, -0.25) is 0 Å². The van der Waals surface area contributed by atoms with E-state index in [0.717, 1.165) is 6.08 Å². The van der Waals surface area contributed by atoms with Crippen molar-refractivity contribution in [2.24, 2.45) is 0 Å². The van der Waals surface area contributed by atoms with Crippen molar-refractivity contribution in [2.75, 3.05) is 13.2 Å². The third-order valence-electron chi connectivity index (χ3n) is 1.07. The van der Waals surface area contributed by atoms with Crippen LogP contribution in [-0.4, -0.2) is 46.6 Å². The number of carbonyl (C=O) groups excluding carboxylic acids is 1. The zero-order valence-electron chi connectivity index (χ0n) is 8.55. The predicted octanol–water partition coefficient (Wildman–Crippen LogP) is -0.450. The summed E-state index contributed by atoms with van der Waals surface area (Å²) in [7, 11) is 0. The minimum Gasteiger partial charge on any atom is -0.479 e. The van der Waals surface area contributed by atoms with Gasteiger partial charge in [-0.15, -0.1) is 0 Å². The van der Waals surface area contributed by atoms with Gasteiger partial charge in [0.15, 0.2) is 0 Å². The molecule has 0 aromatic heterocycles. The number of esters is 1. The van der Waals surface area contributed by atoms with E-state index in [1.807, 2.05) is 0 Å². The zero-order chi connectivity index (χ0) is 12.3. The van der Waals surface area contributed by atoms with E-state index >= 15 is 0 Å². The maximum Gasteiger partial charge on any atom is 0.332 e. The maximum atomic E-state index is 10.3. The Kier molecular flexibility index (Phi) is 11.4. The monoisotopic (exact) mass is 220 g/mol. The number of hydrogen-bond acceptors (Lipinski definition) is 5. The van der Waals surface area contributed by atoms with Crippen LogP contribution < -0.4 is 0 Å². The number of carboxylic acid groups (broad SMARTS) is 1. The lowest BCUT2D eigenvalue weighted by molar-refractivity contribution is -0.145. The van der Waals surface area contributed by atoms with Gasteiger partial charge in [0.05, 0.1) is 6.61 Å². The molecule has 0 saturated carbocycles. The number of aliphatic hydroxyl groups excluding tert-OH is 2. The summed E-state index contributed by atoms with van der Waals surface area (Å²) in [6, 6.07) is 0. The first-order valence-electron chi connectivity index (χ1n) is 4.26. The van der Waals surface area contributed by atoms with Crippen molar-refractivity contribution in [3.8, 4) is 0 Å². The normalized spacial score (nSPS) is 10.6. The number of aliphatic hydroxyl groups is 2. The summed E-state index contributed by atoms with van der Waals surface area (Å²) in [6.07, 6.45) is 0.349. The summed E-state index contributed by atoms with van der Waals surface area (Å²) in [4.78, 5) is 19.7. The molecule has 0 radical (unpaired) electrons. The molecule has 0 spiro atoms. The van der Waals surface area contributed by atoms with Gasteiger partial charge in [0.2, 0.25) is 0 Å². The van der Waals surface area contributed by atoms with Gasteiger partial charge in [-0.05, 0) is 6.92 Å². The molecule has 0 heterocycles. The van der Waals surface area contributed by atoms with Crippen molar-refractivity contribution in [3.63, 3.8) is 0 Å². The minimum absolute atomic E-state index is 0.0461. The molecule has 0 aliphatic rings. The van der Waals surface area contributed by atoms with E-state index in [1.165, 1.54) is 6.92 Å². The molecule has 3 N–H and O–H groups in total. The molecule has 15 heavy (non-hydrogen) atoms. The molecule has 0 aromatic rings. The molecule has 6 nitrogen and oxygen atoms in total. The van der Waals surface area contributed by atoms with Crippen LogP contribution in [0.15, 0.2) is 12.7 Å². The number of aliphatic carboxylic acids is 1. The topological polar surface area (TPSA) is 104 Å². The van der Waals surface area contributed by atoms with E-state index in [1.54, 1.807) is 0 Å². The third kappa shape index (κ3) is 15.4. The number of carbonyl (C=O) groups is 2. The molecule has 88 valence electrons. The molecule has 0 bridgehead atoms. The average molecular weight is 220 g/mol. The van der Waals surface area contributed by atoms with Gasteiger partial charge < -0.3 is 20.1 Å². The molecule has 0 unspecified atom stereocenters. The van der Waals surface area contributed by atoms with Crippen LogP contribution in [0.25, 0.3) is 0 Å². The molecule has 0 rings (SSSR count). The first-order chi connectivity index (χ1) is 6.95. The second kappa shape index (κ2) is 10.7. The van der Waals surface area contributed by atoms with Crippen molar-refractivity contribution >= 4 is 11.9 Å². The second-order valence-corrected chi connectivity index (χ2v) is 2.46. The van der Waals surface area contributed by atoms with E-state index in [-0.39, 0.29) is 13.2 Å². The van der Waals surface area contributed by atoms with Crippen LogP contribution in [0.1, 0.15) is 13.3 Å². The summed E-state index contributed by atoms with van der Waals surface area (Å²) < 4.78 is 4.51. The van der Waals surface area contributed by atoms with Crippen LogP contribution >= 0.6 is 0 Å². The van der Waals surface area contributed by atoms with Crippen LogP contribution in [0.3, 0.4) is 0 Å². The first kappa shape index (κ1) is 16.0. The summed E-state index contributed by atoms with van der Waals surface area (Å²) in [5.74, 6) is -1.63. The highest BCUT2D eigenvalue weighted by Crippen LogP contribution is 1.82. The SMILES string of the molecule is C=CC(=O)OCCCO.C[C@H](O)C(=O)O. The van der Waals surface area contributed by atoms with Gasteiger partial charge in [-0.2, -0.15) is 0 Å². The maximum absolute atomic E-state index is 10.3. The highest BCUT2D eigenvalue weighted by molar-refractivity contribution is 5.81. The van der Waals surface area contributed by atoms with Gasteiger partial charge in [-0.1, -0.05) is 6.58 Å². The molecule has 0 aliphatic carbocycles. The van der Waals surface area contributed by atoms with Crippen LogP contribution in [0.2, 0.25) is 0 Å². The van der Waals surface area contributed by atoms with Crippen molar-refractivity contribution in [1.82, 2.24) is 0 Å². The molecular formula is C9H16O6. The Labute approximate surface area is 87.8 Å². The fourth-order valence-corrected chi connectivity index (χ4v) is 0.296. The van der Waals surface area contributed by atoms with E-state index < -0.39 is 18.0 Å². The summed E-state index contributed by atoms with van der Waals surface area (Å²) in [5, 5.41) is 24.0. The van der Waals surface area contributed by atoms with Crippen molar-refractivity contribution in [1.29, 1.82) is 0 Å². The molecule has 1 atom stereocenters. The van der Waals surface area contributed by atoms with Crippen LogP contribution in [0.5, 0.6) is 0 Å². The smallest absolute Gasteiger partial charge is 0.332 e. The van der Waals surface area contributed by atoms with Crippen molar-refractivity contribution in [2.45, 2.75) is 19.4 Å². The Morgan fingerprint density at radius 1 is 1.53 bits per heavy atom. The summed E-state index contributed by atoms with van der Waals surface area (Å²) >= 11 is 0. The Hall–Kier alpha value is -1.40. The highest BCUT2D eigenvalue weighted by atomic mass is 16.5. The van der Waals surface area contributed by atoms with Crippen LogP contribution in [-0.2, 0) is 14.3 Å². The highest BCUT2D eigenvalue weighted by Gasteiger charge is 2.01. The predicted molar refractivity (Wildman–Crippen MR) is 52.2 cm³/mol. The first-order valence-corrected chi connectivity index (χ1v) is 4.26. The fourth-order valence-electron chi connectivity index (χ4n) is 0.296. The Balaban J connectivity index is 0. The quantitative estimate of drug-likeness (QED) is 0.329. The average Bonchev–Trinajstić information content (AvgIpc) is 2.18. The lowest BCUT2D eigenvalue weighted by atomic mass is 10.4. The molecule has 0 aromatic carbocycles. The Bertz CT molecular complexity index is 199.